The number of methoxy groups -OCH3 is 4. The number of nitro benzene ring substituents is 1. The summed E-state index contributed by atoms with van der Waals surface area (Å²) < 4.78 is 38.2. The van der Waals surface area contributed by atoms with Crippen LogP contribution in [-0.2, 0) is 23.9 Å². The number of hydrogen-bond acceptors (Lipinski definition) is 11. The van der Waals surface area contributed by atoms with Gasteiger partial charge in [0.2, 0.25) is 11.4 Å². The fraction of sp³-hybridized carbons (Fsp3) is 0.292. The van der Waals surface area contributed by atoms with Gasteiger partial charge in [-0.15, -0.1) is 0 Å². The van der Waals surface area contributed by atoms with Crippen molar-refractivity contribution in [1.82, 2.24) is 0 Å². The first-order valence-corrected chi connectivity index (χ1v) is 19.8. The number of benzene rings is 5. The Morgan fingerprint density at radius 2 is 1.05 bits per heavy atom. The van der Waals surface area contributed by atoms with Crippen LogP contribution in [0, 0.1) is 10.1 Å². The van der Waals surface area contributed by atoms with E-state index < -0.39 is 27.2 Å². The number of ether oxygens (including phenoxy) is 6. The number of nitro groups is 1. The van der Waals surface area contributed by atoms with Gasteiger partial charge in [0.1, 0.15) is 11.5 Å². The van der Waals surface area contributed by atoms with Crippen LogP contribution in [0.25, 0.3) is 12.2 Å². The molecule has 5 aromatic carbocycles. The monoisotopic (exact) mass is 808 g/mol. The second-order valence-electron chi connectivity index (χ2n) is 16.7. The first-order chi connectivity index (χ1) is 28.7. The molecule has 2 unspecified atom stereocenters. The molecule has 0 aliphatic carbocycles. The van der Waals surface area contributed by atoms with E-state index in [4.69, 9.17) is 34.2 Å². The summed E-state index contributed by atoms with van der Waals surface area (Å²) >= 11 is 0. The van der Waals surface area contributed by atoms with Crippen molar-refractivity contribution < 1.29 is 33.3 Å². The Kier molecular flexibility index (Phi) is 8.78. The number of rotatable bonds is 9. The fourth-order valence-electron chi connectivity index (χ4n) is 9.79. The van der Waals surface area contributed by atoms with Gasteiger partial charge in [0.05, 0.1) is 63.3 Å². The molecule has 4 heterocycles. The normalized spacial score (nSPS) is 20.8. The standard InChI is InChI=1S/C48H48N4O8/c1-45(2)35-13-9-11-15-37(35)50(47(45)19-17-29-21-33(49)25-41(57-7)43(29)59-47)27-31-23-40(56-6)32(24-39(31)55-5)28-51-38-16-12-10-14-36(38)46(3,4)48(51)20-18-30-22-34(52(53)54)26-42(58-8)44(30)60-48/h9-26H,27-28,49H2,1-8H3. The van der Waals surface area contributed by atoms with Crippen molar-refractivity contribution in [2.24, 2.45) is 0 Å². The highest BCUT2D eigenvalue weighted by molar-refractivity contribution is 5.78. The Labute approximate surface area is 349 Å². The van der Waals surface area contributed by atoms with Crippen molar-refractivity contribution in [3.63, 3.8) is 0 Å². The van der Waals surface area contributed by atoms with Crippen molar-refractivity contribution in [3.8, 4) is 34.5 Å². The van der Waals surface area contributed by atoms with E-state index in [1.54, 1.807) is 27.4 Å². The average molecular weight is 809 g/mol. The molecule has 9 rings (SSSR count). The minimum absolute atomic E-state index is 0.0785. The highest BCUT2D eigenvalue weighted by atomic mass is 16.6. The molecule has 0 radical (unpaired) electrons. The van der Waals surface area contributed by atoms with E-state index in [1.807, 2.05) is 48.6 Å². The van der Waals surface area contributed by atoms with Crippen LogP contribution in [0.4, 0.5) is 22.7 Å². The third-order valence-electron chi connectivity index (χ3n) is 13.0. The van der Waals surface area contributed by atoms with Gasteiger partial charge >= 0.3 is 0 Å². The molecule has 0 saturated heterocycles. The van der Waals surface area contributed by atoms with E-state index in [9.17, 15) is 10.1 Å². The number of anilines is 3. The predicted octanol–water partition coefficient (Wildman–Crippen LogP) is 9.41. The minimum Gasteiger partial charge on any atom is -0.496 e. The number of nitrogen functional groups attached to an aromatic ring is 1. The molecular formula is C48H48N4O8. The van der Waals surface area contributed by atoms with Crippen LogP contribution in [0.5, 0.6) is 34.5 Å². The molecule has 4 aliphatic rings. The zero-order chi connectivity index (χ0) is 42.4. The number of hydrogen-bond donors (Lipinski definition) is 1. The Hall–Kier alpha value is -6.82. The van der Waals surface area contributed by atoms with Gasteiger partial charge in [-0.05, 0) is 93.5 Å². The molecule has 12 heteroatoms. The largest absolute Gasteiger partial charge is 0.496 e. The quantitative estimate of drug-likeness (QED) is 0.0868. The molecule has 0 bridgehead atoms. The lowest BCUT2D eigenvalue weighted by molar-refractivity contribution is -0.385. The lowest BCUT2D eigenvalue weighted by Crippen LogP contribution is -2.59. The molecule has 0 amide bonds. The molecule has 60 heavy (non-hydrogen) atoms. The van der Waals surface area contributed by atoms with Crippen LogP contribution in [0.15, 0.2) is 97.1 Å². The molecule has 4 aliphatic heterocycles. The number of nitrogens with two attached hydrogens (primary N) is 1. The Balaban J connectivity index is 1.14. The van der Waals surface area contributed by atoms with Crippen LogP contribution in [-0.4, -0.2) is 44.8 Å². The molecular weight excluding hydrogens is 761 g/mol. The number of nitrogens with zero attached hydrogens (tertiary/aromatic N) is 3. The van der Waals surface area contributed by atoms with Crippen molar-refractivity contribution in [2.45, 2.75) is 63.1 Å². The predicted molar refractivity (Wildman–Crippen MR) is 233 cm³/mol. The van der Waals surface area contributed by atoms with Gasteiger partial charge in [-0.3, -0.25) is 10.1 Å². The van der Waals surface area contributed by atoms with E-state index in [0.717, 1.165) is 39.2 Å². The van der Waals surface area contributed by atoms with Crippen molar-refractivity contribution in [2.75, 3.05) is 44.0 Å². The zero-order valence-corrected chi connectivity index (χ0v) is 35.0. The third kappa shape index (κ3) is 5.35. The van der Waals surface area contributed by atoms with Crippen LogP contribution in [0.2, 0.25) is 0 Å². The number of para-hydroxylation sites is 2. The van der Waals surface area contributed by atoms with Crippen molar-refractivity contribution in [3.05, 3.63) is 141 Å². The van der Waals surface area contributed by atoms with Crippen LogP contribution in [0.3, 0.4) is 0 Å². The second kappa shape index (κ2) is 13.6. The van der Waals surface area contributed by atoms with E-state index in [2.05, 4.69) is 80.0 Å². The van der Waals surface area contributed by atoms with E-state index in [0.29, 0.717) is 53.1 Å². The fourth-order valence-corrected chi connectivity index (χ4v) is 9.79. The van der Waals surface area contributed by atoms with Crippen molar-refractivity contribution in [1.29, 1.82) is 0 Å². The molecule has 12 nitrogen and oxygen atoms in total. The summed E-state index contributed by atoms with van der Waals surface area (Å²) in [5, 5.41) is 11.8. The SMILES string of the molecule is COc1cc(CN2c3ccccc3C(C)(C)C23C=Cc2cc([N+](=O)[O-])cc(OC)c2O3)c(OC)cc1CN1c2ccccc2C(C)(C)C12C=Cc1cc(N)cc(OC)c1O2. The lowest BCUT2D eigenvalue weighted by atomic mass is 9.76. The lowest BCUT2D eigenvalue weighted by Gasteiger charge is -2.47. The summed E-state index contributed by atoms with van der Waals surface area (Å²) in [6, 6.07) is 27.3. The summed E-state index contributed by atoms with van der Waals surface area (Å²) in [6.45, 7) is 9.48. The Morgan fingerprint density at radius 1 is 0.617 bits per heavy atom. The molecule has 2 spiro atoms. The summed E-state index contributed by atoms with van der Waals surface area (Å²) in [6.07, 6.45) is 8.09. The topological polar surface area (TPSA) is 131 Å². The van der Waals surface area contributed by atoms with E-state index in [1.165, 1.54) is 19.2 Å². The summed E-state index contributed by atoms with van der Waals surface area (Å²) in [5.74, 6) is 3.25. The molecule has 0 saturated carbocycles. The van der Waals surface area contributed by atoms with Gasteiger partial charge in [-0.2, -0.15) is 0 Å². The van der Waals surface area contributed by atoms with Crippen LogP contribution in [0.1, 0.15) is 61.1 Å². The second-order valence-corrected chi connectivity index (χ2v) is 16.7. The molecule has 2 atom stereocenters. The van der Waals surface area contributed by atoms with Gasteiger partial charge in [0.15, 0.2) is 23.0 Å². The third-order valence-corrected chi connectivity index (χ3v) is 13.0. The molecule has 2 N–H and O–H groups in total. The maximum Gasteiger partial charge on any atom is 0.274 e. The maximum absolute atomic E-state index is 11.8. The van der Waals surface area contributed by atoms with Crippen LogP contribution >= 0.6 is 0 Å². The molecule has 5 aromatic rings. The van der Waals surface area contributed by atoms with Gasteiger partial charge in [-0.1, -0.05) is 36.4 Å². The van der Waals surface area contributed by atoms with Crippen molar-refractivity contribution >= 4 is 34.9 Å². The maximum atomic E-state index is 11.8. The summed E-state index contributed by atoms with van der Waals surface area (Å²) in [5.41, 5.74) is 11.1. The van der Waals surface area contributed by atoms with E-state index in [-0.39, 0.29) is 11.4 Å². The average Bonchev–Trinajstić information content (AvgIpc) is 3.53. The minimum atomic E-state index is -1.06. The summed E-state index contributed by atoms with van der Waals surface area (Å²) in [4.78, 5) is 15.9. The molecule has 0 fully saturated rings. The van der Waals surface area contributed by atoms with Gasteiger partial charge in [-0.25, -0.2) is 0 Å². The van der Waals surface area contributed by atoms with Gasteiger partial charge in [0, 0.05) is 51.4 Å². The first-order valence-electron chi connectivity index (χ1n) is 19.8. The number of fused-ring (bicyclic) bond motifs is 4. The van der Waals surface area contributed by atoms with Crippen LogP contribution < -0.4 is 44.0 Å². The Bertz CT molecular complexity index is 2650. The summed E-state index contributed by atoms with van der Waals surface area (Å²) in [7, 11) is 6.47. The smallest absolute Gasteiger partial charge is 0.274 e. The highest BCUT2D eigenvalue weighted by Crippen LogP contribution is 2.59. The molecule has 308 valence electrons. The zero-order valence-electron chi connectivity index (χ0n) is 35.0. The molecule has 0 aromatic heterocycles. The Morgan fingerprint density at radius 3 is 1.50 bits per heavy atom. The van der Waals surface area contributed by atoms with Gasteiger partial charge < -0.3 is 44.0 Å². The van der Waals surface area contributed by atoms with Gasteiger partial charge in [0.25, 0.3) is 5.69 Å². The number of non-ortho nitro benzene ring substituents is 1. The van der Waals surface area contributed by atoms with E-state index >= 15 is 0 Å². The highest BCUT2D eigenvalue weighted by Gasteiger charge is 2.61. The first kappa shape index (κ1) is 38.7.